The molecule has 1 N–H and O–H groups in total. The lowest BCUT2D eigenvalue weighted by Crippen LogP contribution is -2.37. The summed E-state index contributed by atoms with van der Waals surface area (Å²) in [6.45, 7) is 3.03. The normalized spacial score (nSPS) is 23.8. The number of anilines is 1. The summed E-state index contributed by atoms with van der Waals surface area (Å²) in [4.78, 5) is 64.4. The van der Waals surface area contributed by atoms with E-state index in [2.05, 4.69) is 12.2 Å². The number of nitrogens with one attached hydrogen (secondary N) is 1. The Morgan fingerprint density at radius 2 is 1.74 bits per heavy atom. The number of rotatable bonds is 7. The maximum absolute atomic E-state index is 12.6. The van der Waals surface area contributed by atoms with Crippen LogP contribution in [0.4, 0.5) is 5.00 Å². The van der Waals surface area contributed by atoms with E-state index in [1.165, 1.54) is 11.3 Å². The van der Waals surface area contributed by atoms with Crippen molar-refractivity contribution in [3.05, 3.63) is 16.0 Å². The molecular weight excluding hydrogens is 460 g/mol. The van der Waals surface area contributed by atoms with Gasteiger partial charge in [-0.25, -0.2) is 4.79 Å². The second-order valence-electron chi connectivity index (χ2n) is 9.25. The molecule has 3 amide bonds. The molecule has 1 saturated heterocycles. The number of ether oxygens (including phenoxy) is 2. The number of esters is 2. The molecule has 0 bridgehead atoms. The van der Waals surface area contributed by atoms with Crippen LogP contribution >= 0.6 is 11.3 Å². The molecule has 1 aromatic rings. The van der Waals surface area contributed by atoms with E-state index >= 15 is 0 Å². The maximum Gasteiger partial charge on any atom is 0.341 e. The zero-order valence-corrected chi connectivity index (χ0v) is 20.3. The zero-order valence-electron chi connectivity index (χ0n) is 19.5. The molecular formula is C24H30N2O7S. The van der Waals surface area contributed by atoms with Crippen LogP contribution in [-0.4, -0.2) is 54.3 Å². The molecule has 3 aliphatic rings. The summed E-state index contributed by atoms with van der Waals surface area (Å²) in [6.07, 6.45) is 5.65. The van der Waals surface area contributed by atoms with Crippen LogP contribution in [0.3, 0.4) is 0 Å². The number of nitrogens with zero attached hydrogens (tertiary/aromatic N) is 1. The van der Waals surface area contributed by atoms with E-state index in [1.54, 1.807) is 6.92 Å². The van der Waals surface area contributed by atoms with Gasteiger partial charge in [0.25, 0.3) is 5.91 Å². The number of thiophene rings is 1. The maximum atomic E-state index is 12.6. The SMILES string of the molecule is CCOC(=O)c1c(NC(=O)COC(=O)CN2C(=O)C3CCCCC3C2=O)sc2c1CCC(C)C2. The van der Waals surface area contributed by atoms with E-state index in [0.29, 0.717) is 29.3 Å². The summed E-state index contributed by atoms with van der Waals surface area (Å²) in [5.41, 5.74) is 1.30. The third-order valence-electron chi connectivity index (χ3n) is 6.83. The molecule has 184 valence electrons. The van der Waals surface area contributed by atoms with Gasteiger partial charge in [-0.15, -0.1) is 11.3 Å². The molecule has 4 rings (SSSR count). The molecule has 3 atom stereocenters. The molecule has 2 heterocycles. The van der Waals surface area contributed by atoms with Crippen LogP contribution < -0.4 is 5.32 Å². The Balaban J connectivity index is 1.36. The average Bonchev–Trinajstić information content (AvgIpc) is 3.27. The van der Waals surface area contributed by atoms with E-state index in [0.717, 1.165) is 47.4 Å². The van der Waals surface area contributed by atoms with Crippen LogP contribution in [0.25, 0.3) is 0 Å². The minimum Gasteiger partial charge on any atom is -0.462 e. The summed E-state index contributed by atoms with van der Waals surface area (Å²) >= 11 is 1.35. The highest BCUT2D eigenvalue weighted by molar-refractivity contribution is 7.17. The van der Waals surface area contributed by atoms with E-state index < -0.39 is 31.0 Å². The van der Waals surface area contributed by atoms with Crippen molar-refractivity contribution in [2.45, 2.75) is 58.8 Å². The fourth-order valence-corrected chi connectivity index (χ4v) is 6.54. The van der Waals surface area contributed by atoms with E-state index in [-0.39, 0.29) is 30.3 Å². The molecule has 0 aromatic carbocycles. The predicted molar refractivity (Wildman–Crippen MR) is 123 cm³/mol. The van der Waals surface area contributed by atoms with Gasteiger partial charge in [-0.1, -0.05) is 19.8 Å². The first kappa shape index (κ1) is 24.4. The van der Waals surface area contributed by atoms with Gasteiger partial charge in [0.2, 0.25) is 11.8 Å². The number of fused-ring (bicyclic) bond motifs is 2. The highest BCUT2D eigenvalue weighted by Crippen LogP contribution is 2.40. The van der Waals surface area contributed by atoms with Gasteiger partial charge in [0.15, 0.2) is 6.61 Å². The Morgan fingerprint density at radius 1 is 1.06 bits per heavy atom. The van der Waals surface area contributed by atoms with Crippen LogP contribution in [-0.2, 0) is 41.5 Å². The number of carbonyl (C=O) groups excluding carboxylic acids is 5. The molecule has 3 unspecified atom stereocenters. The van der Waals surface area contributed by atoms with Gasteiger partial charge in [0, 0.05) is 4.88 Å². The number of likely N-dealkylation sites (tertiary alicyclic amines) is 1. The van der Waals surface area contributed by atoms with Crippen LogP contribution in [0.2, 0.25) is 0 Å². The van der Waals surface area contributed by atoms with Gasteiger partial charge in [-0.3, -0.25) is 24.1 Å². The van der Waals surface area contributed by atoms with Crippen molar-refractivity contribution >= 4 is 46.0 Å². The molecule has 0 spiro atoms. The van der Waals surface area contributed by atoms with Crippen LogP contribution in [0, 0.1) is 17.8 Å². The third kappa shape index (κ3) is 4.87. The second-order valence-corrected chi connectivity index (χ2v) is 10.4. The van der Waals surface area contributed by atoms with Gasteiger partial charge in [-0.05, 0) is 50.5 Å². The van der Waals surface area contributed by atoms with Crippen LogP contribution in [0.5, 0.6) is 0 Å². The van der Waals surface area contributed by atoms with Gasteiger partial charge in [-0.2, -0.15) is 0 Å². The summed E-state index contributed by atoms with van der Waals surface area (Å²) in [6, 6.07) is 0. The van der Waals surface area contributed by atoms with Gasteiger partial charge in [0.1, 0.15) is 11.5 Å². The minimum absolute atomic E-state index is 0.223. The number of hydrogen-bond acceptors (Lipinski definition) is 8. The molecule has 2 aliphatic carbocycles. The Morgan fingerprint density at radius 3 is 2.38 bits per heavy atom. The quantitative estimate of drug-likeness (QED) is 0.461. The van der Waals surface area contributed by atoms with Crippen LogP contribution in [0.1, 0.15) is 66.8 Å². The molecule has 1 aromatic heterocycles. The molecule has 1 saturated carbocycles. The highest BCUT2D eigenvalue weighted by atomic mass is 32.1. The standard InChI is InChI=1S/C24H30N2O7S/c1-3-32-24(31)20-16-9-8-13(2)10-17(16)34-21(20)25-18(27)12-33-19(28)11-26-22(29)14-6-4-5-7-15(14)23(26)30/h13-15H,3-12H2,1-2H3,(H,25,27). The number of imide groups is 1. The fourth-order valence-electron chi connectivity index (χ4n) is 5.13. The summed E-state index contributed by atoms with van der Waals surface area (Å²) < 4.78 is 10.2. The predicted octanol–water partition coefficient (Wildman–Crippen LogP) is 2.71. The summed E-state index contributed by atoms with van der Waals surface area (Å²) in [7, 11) is 0. The lowest BCUT2D eigenvalue weighted by molar-refractivity contribution is -0.154. The Kier molecular flexibility index (Phi) is 7.35. The Hall–Kier alpha value is -2.75. The largest absolute Gasteiger partial charge is 0.462 e. The van der Waals surface area contributed by atoms with Crippen molar-refractivity contribution < 1.29 is 33.4 Å². The van der Waals surface area contributed by atoms with Crippen LogP contribution in [0.15, 0.2) is 0 Å². The van der Waals surface area contributed by atoms with Crippen molar-refractivity contribution in [1.82, 2.24) is 4.90 Å². The molecule has 1 aliphatic heterocycles. The van der Waals surface area contributed by atoms with Gasteiger partial charge in [0.05, 0.1) is 24.0 Å². The van der Waals surface area contributed by atoms with E-state index in [4.69, 9.17) is 9.47 Å². The third-order valence-corrected chi connectivity index (χ3v) is 8.00. The summed E-state index contributed by atoms with van der Waals surface area (Å²) in [5.74, 6) is -2.74. The van der Waals surface area contributed by atoms with Crippen molar-refractivity contribution in [2.24, 2.45) is 17.8 Å². The molecule has 2 fully saturated rings. The van der Waals surface area contributed by atoms with Crippen molar-refractivity contribution in [1.29, 1.82) is 0 Å². The number of hydrogen-bond donors (Lipinski definition) is 1. The second kappa shape index (κ2) is 10.2. The number of amides is 3. The average molecular weight is 491 g/mol. The van der Waals surface area contributed by atoms with Gasteiger partial charge >= 0.3 is 11.9 Å². The lowest BCUT2D eigenvalue weighted by atomic mass is 9.81. The molecule has 0 radical (unpaired) electrons. The van der Waals surface area contributed by atoms with Crippen molar-refractivity contribution in [3.8, 4) is 0 Å². The molecule has 34 heavy (non-hydrogen) atoms. The van der Waals surface area contributed by atoms with E-state index in [1.807, 2.05) is 0 Å². The first-order chi connectivity index (χ1) is 16.3. The first-order valence-corrected chi connectivity index (χ1v) is 12.7. The van der Waals surface area contributed by atoms with Gasteiger partial charge < -0.3 is 14.8 Å². The van der Waals surface area contributed by atoms with Crippen molar-refractivity contribution in [2.75, 3.05) is 25.1 Å². The van der Waals surface area contributed by atoms with Crippen molar-refractivity contribution in [3.63, 3.8) is 0 Å². The molecule has 9 nitrogen and oxygen atoms in total. The first-order valence-electron chi connectivity index (χ1n) is 11.9. The fraction of sp³-hybridized carbons (Fsp3) is 0.625. The van der Waals surface area contributed by atoms with E-state index in [9.17, 15) is 24.0 Å². The Labute approximate surface area is 202 Å². The minimum atomic E-state index is -0.819. The number of carbonyl (C=O) groups is 5. The summed E-state index contributed by atoms with van der Waals surface area (Å²) in [5, 5.41) is 3.08. The molecule has 10 heteroatoms. The smallest absolute Gasteiger partial charge is 0.341 e. The highest BCUT2D eigenvalue weighted by Gasteiger charge is 2.48. The zero-order chi connectivity index (χ0) is 24.4. The monoisotopic (exact) mass is 490 g/mol. The topological polar surface area (TPSA) is 119 Å². The lowest BCUT2D eigenvalue weighted by Gasteiger charge is -2.19. The Bertz CT molecular complexity index is 993.